The van der Waals surface area contributed by atoms with Gasteiger partial charge in [0, 0.05) is 17.0 Å². The first-order valence-corrected chi connectivity index (χ1v) is 4.47. The Kier molecular flexibility index (Phi) is 1.31. The van der Waals surface area contributed by atoms with Crippen LogP contribution in [-0.4, -0.2) is 9.97 Å². The van der Waals surface area contributed by atoms with Gasteiger partial charge in [-0.1, -0.05) is 18.2 Å². The number of pyridine rings is 1. The first-order valence-electron chi connectivity index (χ1n) is 4.47. The van der Waals surface area contributed by atoms with E-state index in [1.54, 1.807) is 0 Å². The molecule has 0 fully saturated rings. The predicted octanol–water partition coefficient (Wildman–Crippen LogP) is 2.30. The van der Waals surface area contributed by atoms with Crippen LogP contribution in [0.1, 0.15) is 0 Å². The van der Waals surface area contributed by atoms with Crippen LogP contribution in [0.15, 0.2) is 36.5 Å². The van der Waals surface area contributed by atoms with Gasteiger partial charge < -0.3 is 10.7 Å². The Bertz CT molecular complexity index is 610. The van der Waals surface area contributed by atoms with Crippen molar-refractivity contribution in [2.75, 3.05) is 5.73 Å². The molecule has 3 aromatic rings. The lowest BCUT2D eigenvalue weighted by Crippen LogP contribution is -1.90. The first-order chi connectivity index (χ1) is 6.86. The van der Waals surface area contributed by atoms with E-state index in [1.165, 1.54) is 0 Å². The minimum atomic E-state index is 0.798. The third kappa shape index (κ3) is 0.836. The SMILES string of the molecule is Nc1c2ccccc2nc2[nH]ccc12. The number of aromatic amines is 1. The van der Waals surface area contributed by atoms with Gasteiger partial charge in [0.25, 0.3) is 0 Å². The van der Waals surface area contributed by atoms with Gasteiger partial charge >= 0.3 is 0 Å². The Morgan fingerprint density at radius 3 is 2.86 bits per heavy atom. The van der Waals surface area contributed by atoms with E-state index in [0.717, 1.165) is 27.6 Å². The summed E-state index contributed by atoms with van der Waals surface area (Å²) in [7, 11) is 0. The number of anilines is 1. The smallest absolute Gasteiger partial charge is 0.140 e. The number of hydrogen-bond donors (Lipinski definition) is 2. The molecule has 0 aliphatic carbocycles. The number of aromatic nitrogens is 2. The van der Waals surface area contributed by atoms with Gasteiger partial charge in [-0.05, 0) is 12.1 Å². The monoisotopic (exact) mass is 183 g/mol. The van der Waals surface area contributed by atoms with Gasteiger partial charge in [-0.25, -0.2) is 4.98 Å². The lowest BCUT2D eigenvalue weighted by molar-refractivity contribution is 1.37. The van der Waals surface area contributed by atoms with E-state index >= 15 is 0 Å². The van der Waals surface area contributed by atoms with Crippen LogP contribution in [-0.2, 0) is 0 Å². The van der Waals surface area contributed by atoms with Crippen molar-refractivity contribution in [3.8, 4) is 0 Å². The molecule has 0 amide bonds. The maximum Gasteiger partial charge on any atom is 0.140 e. The molecule has 0 spiro atoms. The van der Waals surface area contributed by atoms with Gasteiger partial charge in [-0.3, -0.25) is 0 Å². The van der Waals surface area contributed by atoms with Gasteiger partial charge in [-0.2, -0.15) is 0 Å². The molecule has 14 heavy (non-hydrogen) atoms. The van der Waals surface area contributed by atoms with Crippen molar-refractivity contribution in [1.29, 1.82) is 0 Å². The van der Waals surface area contributed by atoms with Crippen molar-refractivity contribution < 1.29 is 0 Å². The van der Waals surface area contributed by atoms with Crippen molar-refractivity contribution in [2.45, 2.75) is 0 Å². The third-order valence-corrected chi connectivity index (χ3v) is 2.44. The van der Waals surface area contributed by atoms with E-state index in [0.29, 0.717) is 0 Å². The van der Waals surface area contributed by atoms with E-state index in [-0.39, 0.29) is 0 Å². The number of benzene rings is 1. The topological polar surface area (TPSA) is 54.7 Å². The van der Waals surface area contributed by atoms with Crippen LogP contribution >= 0.6 is 0 Å². The number of nitrogens with two attached hydrogens (primary N) is 1. The minimum Gasteiger partial charge on any atom is -0.398 e. The van der Waals surface area contributed by atoms with Crippen LogP contribution in [0.3, 0.4) is 0 Å². The van der Waals surface area contributed by atoms with E-state index in [4.69, 9.17) is 5.73 Å². The Balaban J connectivity index is 2.63. The molecule has 68 valence electrons. The van der Waals surface area contributed by atoms with Gasteiger partial charge in [0.05, 0.1) is 11.2 Å². The fourth-order valence-corrected chi connectivity index (χ4v) is 1.73. The Hall–Kier alpha value is -2.03. The van der Waals surface area contributed by atoms with Crippen molar-refractivity contribution in [1.82, 2.24) is 9.97 Å². The maximum absolute atomic E-state index is 6.04. The summed E-state index contributed by atoms with van der Waals surface area (Å²) in [5.74, 6) is 0. The standard InChI is InChI=1S/C11H9N3/c12-10-7-3-1-2-4-9(7)14-11-8(10)5-6-13-11/h1-6H,(H3,12,13,14). The van der Waals surface area contributed by atoms with Gasteiger partial charge in [0.1, 0.15) is 5.65 Å². The molecule has 3 nitrogen and oxygen atoms in total. The number of rotatable bonds is 0. The molecule has 0 atom stereocenters. The average molecular weight is 183 g/mol. The Labute approximate surface area is 80.6 Å². The van der Waals surface area contributed by atoms with Crippen LogP contribution in [0.5, 0.6) is 0 Å². The highest BCUT2D eigenvalue weighted by atomic mass is 14.9. The number of H-pyrrole nitrogens is 1. The van der Waals surface area contributed by atoms with E-state index in [1.807, 2.05) is 36.5 Å². The van der Waals surface area contributed by atoms with E-state index < -0.39 is 0 Å². The van der Waals surface area contributed by atoms with E-state index in [2.05, 4.69) is 9.97 Å². The number of hydrogen-bond acceptors (Lipinski definition) is 2. The highest BCUT2D eigenvalue weighted by Crippen LogP contribution is 2.26. The molecule has 0 radical (unpaired) electrons. The van der Waals surface area contributed by atoms with Crippen molar-refractivity contribution in [3.63, 3.8) is 0 Å². The van der Waals surface area contributed by atoms with Crippen molar-refractivity contribution >= 4 is 27.6 Å². The molecule has 0 saturated heterocycles. The molecule has 2 aromatic heterocycles. The third-order valence-electron chi connectivity index (χ3n) is 2.44. The molecular formula is C11H9N3. The lowest BCUT2D eigenvalue weighted by Gasteiger charge is -2.02. The molecule has 0 aliphatic heterocycles. The van der Waals surface area contributed by atoms with Crippen LogP contribution < -0.4 is 5.73 Å². The van der Waals surface area contributed by atoms with Gasteiger partial charge in [0.2, 0.25) is 0 Å². The number of nitrogen functional groups attached to an aromatic ring is 1. The zero-order valence-corrected chi connectivity index (χ0v) is 7.49. The normalized spacial score (nSPS) is 11.1. The maximum atomic E-state index is 6.04. The molecule has 3 rings (SSSR count). The van der Waals surface area contributed by atoms with Gasteiger partial charge in [-0.15, -0.1) is 0 Å². The molecule has 3 heteroatoms. The summed E-state index contributed by atoms with van der Waals surface area (Å²) in [6.45, 7) is 0. The molecule has 0 unspecified atom stereocenters. The molecule has 3 N–H and O–H groups in total. The highest BCUT2D eigenvalue weighted by Gasteiger charge is 2.05. The summed E-state index contributed by atoms with van der Waals surface area (Å²) in [6.07, 6.45) is 1.85. The summed E-state index contributed by atoms with van der Waals surface area (Å²) >= 11 is 0. The summed E-state index contributed by atoms with van der Waals surface area (Å²) in [6, 6.07) is 9.84. The second-order valence-corrected chi connectivity index (χ2v) is 3.28. The Morgan fingerprint density at radius 2 is 1.93 bits per heavy atom. The van der Waals surface area contributed by atoms with Gasteiger partial charge in [0.15, 0.2) is 0 Å². The van der Waals surface area contributed by atoms with Crippen LogP contribution in [0.25, 0.3) is 21.9 Å². The zero-order valence-electron chi connectivity index (χ0n) is 7.49. The van der Waals surface area contributed by atoms with Crippen LogP contribution in [0.2, 0.25) is 0 Å². The molecule has 0 bridgehead atoms. The number of fused-ring (bicyclic) bond motifs is 2. The molecule has 0 saturated carbocycles. The number of nitrogens with zero attached hydrogens (tertiary/aromatic N) is 1. The summed E-state index contributed by atoms with van der Waals surface area (Å²) < 4.78 is 0. The molecular weight excluding hydrogens is 174 g/mol. The fraction of sp³-hybridized carbons (Fsp3) is 0. The highest BCUT2D eigenvalue weighted by molar-refractivity contribution is 6.05. The second kappa shape index (κ2) is 2.48. The first kappa shape index (κ1) is 7.38. The zero-order chi connectivity index (χ0) is 9.54. The molecule has 1 aromatic carbocycles. The average Bonchev–Trinajstić information content (AvgIpc) is 2.66. The van der Waals surface area contributed by atoms with Crippen molar-refractivity contribution in [3.05, 3.63) is 36.5 Å². The quantitative estimate of drug-likeness (QED) is 0.561. The van der Waals surface area contributed by atoms with E-state index in [9.17, 15) is 0 Å². The summed E-state index contributed by atoms with van der Waals surface area (Å²) in [5, 5.41) is 2.00. The number of nitrogens with one attached hydrogen (secondary N) is 1. The molecule has 0 aliphatic rings. The summed E-state index contributed by atoms with van der Waals surface area (Å²) in [5.41, 5.74) is 8.62. The Morgan fingerprint density at radius 1 is 1.07 bits per heavy atom. The second-order valence-electron chi connectivity index (χ2n) is 3.28. The predicted molar refractivity (Wildman–Crippen MR) is 58.0 cm³/mol. The largest absolute Gasteiger partial charge is 0.398 e. The van der Waals surface area contributed by atoms with Crippen LogP contribution in [0, 0.1) is 0 Å². The lowest BCUT2D eigenvalue weighted by atomic mass is 10.1. The summed E-state index contributed by atoms with van der Waals surface area (Å²) in [4.78, 5) is 7.52. The van der Waals surface area contributed by atoms with Crippen LogP contribution in [0.4, 0.5) is 5.69 Å². The fourth-order valence-electron chi connectivity index (χ4n) is 1.73. The minimum absolute atomic E-state index is 0.798. The number of para-hydroxylation sites is 1. The van der Waals surface area contributed by atoms with Crippen molar-refractivity contribution in [2.24, 2.45) is 0 Å². The molecule has 2 heterocycles.